The van der Waals surface area contributed by atoms with Crippen LogP contribution in [-0.4, -0.2) is 7.11 Å². The van der Waals surface area contributed by atoms with Crippen molar-refractivity contribution in [2.75, 3.05) is 12.4 Å². The maximum atomic E-state index is 5.49. The monoisotopic (exact) mass is 377 g/mol. The lowest BCUT2D eigenvalue weighted by Gasteiger charge is -2.12. The van der Waals surface area contributed by atoms with E-state index in [4.69, 9.17) is 4.74 Å². The van der Waals surface area contributed by atoms with Crippen molar-refractivity contribution in [1.82, 2.24) is 0 Å². The van der Waals surface area contributed by atoms with Crippen LogP contribution in [0.4, 0.5) is 5.69 Å². The first kappa shape index (κ1) is 17.6. The van der Waals surface area contributed by atoms with E-state index in [2.05, 4.69) is 78.1 Å². The van der Waals surface area contributed by atoms with Crippen LogP contribution in [0.25, 0.3) is 22.3 Å². The Morgan fingerprint density at radius 3 is 2.28 bits per heavy atom. The van der Waals surface area contributed by atoms with Crippen LogP contribution >= 0.6 is 0 Å². The molecule has 0 aromatic heterocycles. The number of para-hydroxylation sites is 1. The average Bonchev–Trinajstić information content (AvgIpc) is 3.17. The Morgan fingerprint density at radius 1 is 0.724 bits per heavy atom. The second-order valence-electron chi connectivity index (χ2n) is 7.41. The van der Waals surface area contributed by atoms with Gasteiger partial charge in [-0.3, -0.25) is 0 Å². The van der Waals surface area contributed by atoms with Crippen molar-refractivity contribution < 1.29 is 4.74 Å². The van der Waals surface area contributed by atoms with Gasteiger partial charge in [0, 0.05) is 17.8 Å². The highest BCUT2D eigenvalue weighted by molar-refractivity contribution is 5.78. The molecule has 0 saturated carbocycles. The van der Waals surface area contributed by atoms with E-state index in [0.717, 1.165) is 35.5 Å². The van der Waals surface area contributed by atoms with Crippen molar-refractivity contribution in [1.29, 1.82) is 0 Å². The van der Waals surface area contributed by atoms with Crippen LogP contribution in [0.1, 0.15) is 16.7 Å². The fourth-order valence-corrected chi connectivity index (χ4v) is 4.24. The number of hydrogen-bond acceptors (Lipinski definition) is 2. The highest BCUT2D eigenvalue weighted by Crippen LogP contribution is 2.38. The molecule has 0 atom stereocenters. The minimum Gasteiger partial charge on any atom is -0.496 e. The smallest absolute Gasteiger partial charge is 0.126 e. The molecule has 0 aliphatic heterocycles. The van der Waals surface area contributed by atoms with Crippen molar-refractivity contribution in [3.63, 3.8) is 0 Å². The van der Waals surface area contributed by atoms with Gasteiger partial charge in [0.25, 0.3) is 0 Å². The molecule has 4 aromatic carbocycles. The van der Waals surface area contributed by atoms with E-state index in [0.29, 0.717) is 0 Å². The first-order valence-corrected chi connectivity index (χ1v) is 10.00. The molecule has 0 fully saturated rings. The van der Waals surface area contributed by atoms with Gasteiger partial charge in [-0.2, -0.15) is 0 Å². The summed E-state index contributed by atoms with van der Waals surface area (Å²) in [4.78, 5) is 0. The number of benzene rings is 4. The third-order valence-electron chi connectivity index (χ3n) is 5.73. The number of ether oxygens (including phenoxy) is 1. The highest BCUT2D eigenvalue weighted by atomic mass is 16.5. The zero-order chi connectivity index (χ0) is 19.6. The minimum atomic E-state index is 0.825. The van der Waals surface area contributed by atoms with Gasteiger partial charge in [0.05, 0.1) is 7.11 Å². The number of fused-ring (bicyclic) bond motifs is 3. The van der Waals surface area contributed by atoms with Gasteiger partial charge in [-0.15, -0.1) is 0 Å². The summed E-state index contributed by atoms with van der Waals surface area (Å²) < 4.78 is 5.49. The van der Waals surface area contributed by atoms with E-state index >= 15 is 0 Å². The summed E-state index contributed by atoms with van der Waals surface area (Å²) in [6.07, 6.45) is 1.02. The largest absolute Gasteiger partial charge is 0.496 e. The molecule has 2 heteroatoms. The van der Waals surface area contributed by atoms with Crippen LogP contribution < -0.4 is 10.1 Å². The van der Waals surface area contributed by atoms with Gasteiger partial charge in [0.15, 0.2) is 0 Å². The maximum absolute atomic E-state index is 5.49. The summed E-state index contributed by atoms with van der Waals surface area (Å²) in [5.74, 6) is 0.896. The number of anilines is 1. The molecule has 1 aliphatic rings. The molecule has 1 N–H and O–H groups in total. The lowest BCUT2D eigenvalue weighted by atomic mass is 10.0. The van der Waals surface area contributed by atoms with Crippen LogP contribution in [0.2, 0.25) is 0 Å². The van der Waals surface area contributed by atoms with Gasteiger partial charge in [-0.05, 0) is 58.0 Å². The quantitative estimate of drug-likeness (QED) is 0.375. The van der Waals surface area contributed by atoms with E-state index in [1.165, 1.54) is 27.8 Å². The SMILES string of the molecule is COc1ccccc1-c1ccc(NCc2cccc3c2Cc2ccccc2-3)cc1. The third kappa shape index (κ3) is 3.27. The Kier molecular flexibility index (Phi) is 4.53. The van der Waals surface area contributed by atoms with Gasteiger partial charge in [0.1, 0.15) is 5.75 Å². The van der Waals surface area contributed by atoms with E-state index in [-0.39, 0.29) is 0 Å². The lowest BCUT2D eigenvalue weighted by Crippen LogP contribution is -2.02. The predicted molar refractivity (Wildman–Crippen MR) is 120 cm³/mol. The molecule has 5 rings (SSSR count). The van der Waals surface area contributed by atoms with Crippen LogP contribution in [-0.2, 0) is 13.0 Å². The van der Waals surface area contributed by atoms with Crippen LogP contribution in [0.3, 0.4) is 0 Å². The van der Waals surface area contributed by atoms with Crippen LogP contribution in [0.5, 0.6) is 5.75 Å². The fourth-order valence-electron chi connectivity index (χ4n) is 4.24. The van der Waals surface area contributed by atoms with Gasteiger partial charge in [-0.1, -0.05) is 72.8 Å². The fraction of sp³-hybridized carbons (Fsp3) is 0.111. The van der Waals surface area contributed by atoms with Crippen molar-refractivity contribution >= 4 is 5.69 Å². The summed E-state index contributed by atoms with van der Waals surface area (Å²) in [5.41, 5.74) is 10.4. The molecule has 2 nitrogen and oxygen atoms in total. The summed E-state index contributed by atoms with van der Waals surface area (Å²) in [6, 6.07) is 32.1. The van der Waals surface area contributed by atoms with E-state index < -0.39 is 0 Å². The number of nitrogens with one attached hydrogen (secondary N) is 1. The van der Waals surface area contributed by atoms with Gasteiger partial charge in [-0.25, -0.2) is 0 Å². The Balaban J connectivity index is 1.34. The van der Waals surface area contributed by atoms with E-state index in [9.17, 15) is 0 Å². The summed E-state index contributed by atoms with van der Waals surface area (Å²) >= 11 is 0. The van der Waals surface area contributed by atoms with E-state index in [1.54, 1.807) is 7.11 Å². The average molecular weight is 377 g/mol. The van der Waals surface area contributed by atoms with Gasteiger partial charge >= 0.3 is 0 Å². The normalized spacial score (nSPS) is 11.6. The molecule has 0 heterocycles. The second kappa shape index (κ2) is 7.48. The minimum absolute atomic E-state index is 0.825. The molecule has 0 amide bonds. The maximum Gasteiger partial charge on any atom is 0.126 e. The standard InChI is InChI=1S/C27H23NO/c1-29-27-12-5-4-10-24(27)19-13-15-22(16-14-19)28-18-21-8-6-11-25-23-9-3-2-7-20(23)17-26(21)25/h2-16,28H,17-18H2,1H3. The number of rotatable bonds is 5. The number of methoxy groups -OCH3 is 1. The molecule has 0 spiro atoms. The molecular formula is C27H23NO. The first-order valence-electron chi connectivity index (χ1n) is 10.00. The molecule has 29 heavy (non-hydrogen) atoms. The first-order chi connectivity index (χ1) is 14.3. The predicted octanol–water partition coefficient (Wildman–Crippen LogP) is 6.55. The van der Waals surface area contributed by atoms with Crippen molar-refractivity contribution in [3.05, 3.63) is 108 Å². The van der Waals surface area contributed by atoms with Crippen LogP contribution in [0.15, 0.2) is 91.0 Å². The zero-order valence-electron chi connectivity index (χ0n) is 16.5. The Bertz CT molecular complexity index is 1160. The summed E-state index contributed by atoms with van der Waals surface area (Å²) in [7, 11) is 1.71. The van der Waals surface area contributed by atoms with Crippen LogP contribution in [0, 0.1) is 0 Å². The Hall–Kier alpha value is -3.52. The molecule has 1 aliphatic carbocycles. The summed E-state index contributed by atoms with van der Waals surface area (Å²) in [5, 5.41) is 3.59. The molecule has 4 aromatic rings. The topological polar surface area (TPSA) is 21.3 Å². The lowest BCUT2D eigenvalue weighted by molar-refractivity contribution is 0.416. The van der Waals surface area contributed by atoms with Gasteiger partial charge in [0.2, 0.25) is 0 Å². The van der Waals surface area contributed by atoms with Gasteiger partial charge < -0.3 is 10.1 Å². The summed E-state index contributed by atoms with van der Waals surface area (Å²) in [6.45, 7) is 0.825. The molecule has 0 radical (unpaired) electrons. The molecule has 0 saturated heterocycles. The third-order valence-corrected chi connectivity index (χ3v) is 5.73. The van der Waals surface area contributed by atoms with Crippen molar-refractivity contribution in [3.8, 4) is 28.0 Å². The van der Waals surface area contributed by atoms with E-state index in [1.807, 2.05) is 18.2 Å². The molecule has 0 bridgehead atoms. The highest BCUT2D eigenvalue weighted by Gasteiger charge is 2.20. The zero-order valence-corrected chi connectivity index (χ0v) is 16.5. The van der Waals surface area contributed by atoms with Crippen molar-refractivity contribution in [2.45, 2.75) is 13.0 Å². The molecular weight excluding hydrogens is 354 g/mol. The van der Waals surface area contributed by atoms with Crippen molar-refractivity contribution in [2.24, 2.45) is 0 Å². The Labute approximate surface area is 171 Å². The second-order valence-corrected chi connectivity index (χ2v) is 7.41. The Morgan fingerprint density at radius 2 is 1.45 bits per heavy atom. The molecule has 0 unspecified atom stereocenters. The number of hydrogen-bond donors (Lipinski definition) is 1. The molecule has 142 valence electrons.